The first-order valence-corrected chi connectivity index (χ1v) is 8.49. The second-order valence-electron chi connectivity index (χ2n) is 6.34. The average molecular weight is 302 g/mol. The largest absolute Gasteiger partial charge is 0.371 e. The van der Waals surface area contributed by atoms with Gasteiger partial charge in [0.05, 0.1) is 12.7 Å². The van der Waals surface area contributed by atoms with Crippen LogP contribution in [0, 0.1) is 5.92 Å². The van der Waals surface area contributed by atoms with E-state index >= 15 is 0 Å². The molecule has 4 heteroatoms. The Morgan fingerprint density at radius 2 is 2.00 bits per heavy atom. The molecule has 4 nitrogen and oxygen atoms in total. The molecule has 0 bridgehead atoms. The molecule has 1 aromatic carbocycles. The fourth-order valence-corrected chi connectivity index (χ4v) is 3.44. The number of rotatable bonds is 5. The normalized spacial score (nSPS) is 23.5. The molecular weight excluding hydrogens is 276 g/mol. The zero-order valence-corrected chi connectivity index (χ0v) is 13.2. The highest BCUT2D eigenvalue weighted by Gasteiger charge is 2.24. The smallest absolute Gasteiger partial charge is 0.223 e. The molecule has 1 saturated carbocycles. The Labute approximate surface area is 132 Å². The van der Waals surface area contributed by atoms with Crippen LogP contribution in [0.3, 0.4) is 0 Å². The quantitative estimate of drug-likeness (QED) is 0.908. The van der Waals surface area contributed by atoms with Crippen molar-refractivity contribution in [2.75, 3.05) is 32.8 Å². The number of nitrogens with one attached hydrogen (secondary N) is 1. The van der Waals surface area contributed by atoms with Crippen molar-refractivity contribution in [3.8, 4) is 0 Å². The highest BCUT2D eigenvalue weighted by atomic mass is 16.5. The standard InChI is InChI=1S/C18H26N2O2/c21-18(16-8-4-5-9-16)19-10-11-20-12-13-22-17(14-20)15-6-2-1-3-7-15/h1-3,6-7,16-17H,4-5,8-14H2,(H,19,21)/t17-/m1/s1. The van der Waals surface area contributed by atoms with Crippen LogP contribution in [0.1, 0.15) is 37.4 Å². The van der Waals surface area contributed by atoms with Gasteiger partial charge < -0.3 is 10.1 Å². The summed E-state index contributed by atoms with van der Waals surface area (Å²) in [5.41, 5.74) is 1.24. The van der Waals surface area contributed by atoms with Gasteiger partial charge in [0.2, 0.25) is 5.91 Å². The van der Waals surface area contributed by atoms with E-state index in [1.165, 1.54) is 18.4 Å². The molecule has 3 rings (SSSR count). The molecule has 0 unspecified atom stereocenters. The summed E-state index contributed by atoms with van der Waals surface area (Å²) in [6.45, 7) is 4.27. The molecule has 1 amide bonds. The summed E-state index contributed by atoms with van der Waals surface area (Å²) in [6.07, 6.45) is 4.71. The lowest BCUT2D eigenvalue weighted by molar-refractivity contribution is -0.124. The molecule has 1 atom stereocenters. The molecule has 1 saturated heterocycles. The minimum Gasteiger partial charge on any atom is -0.371 e. The van der Waals surface area contributed by atoms with Gasteiger partial charge >= 0.3 is 0 Å². The third-order valence-corrected chi connectivity index (χ3v) is 4.78. The van der Waals surface area contributed by atoms with E-state index in [0.717, 1.165) is 45.6 Å². The number of ether oxygens (including phenoxy) is 1. The van der Waals surface area contributed by atoms with Crippen LogP contribution in [0.5, 0.6) is 0 Å². The third kappa shape index (κ3) is 4.08. The van der Waals surface area contributed by atoms with Gasteiger partial charge in [-0.2, -0.15) is 0 Å². The lowest BCUT2D eigenvalue weighted by atomic mass is 10.1. The molecule has 1 N–H and O–H groups in total. The minimum absolute atomic E-state index is 0.153. The second-order valence-corrected chi connectivity index (χ2v) is 6.34. The number of hydrogen-bond acceptors (Lipinski definition) is 3. The maximum Gasteiger partial charge on any atom is 0.223 e. The predicted molar refractivity (Wildman–Crippen MR) is 86.5 cm³/mol. The van der Waals surface area contributed by atoms with E-state index in [2.05, 4.69) is 34.5 Å². The highest BCUT2D eigenvalue weighted by molar-refractivity contribution is 5.78. The van der Waals surface area contributed by atoms with Crippen molar-refractivity contribution in [1.82, 2.24) is 10.2 Å². The van der Waals surface area contributed by atoms with Crippen LogP contribution >= 0.6 is 0 Å². The van der Waals surface area contributed by atoms with Gasteiger partial charge in [-0.3, -0.25) is 9.69 Å². The molecular formula is C18H26N2O2. The van der Waals surface area contributed by atoms with Gasteiger partial charge in [-0.05, 0) is 18.4 Å². The number of carbonyl (C=O) groups excluding carboxylic acids is 1. The number of benzene rings is 1. The summed E-state index contributed by atoms with van der Waals surface area (Å²) in [4.78, 5) is 14.4. The Morgan fingerprint density at radius 1 is 1.23 bits per heavy atom. The van der Waals surface area contributed by atoms with Crippen LogP contribution < -0.4 is 5.32 Å². The molecule has 1 aromatic rings. The van der Waals surface area contributed by atoms with Crippen molar-refractivity contribution in [1.29, 1.82) is 0 Å². The Hall–Kier alpha value is -1.39. The van der Waals surface area contributed by atoms with E-state index in [0.29, 0.717) is 0 Å². The average Bonchev–Trinajstić information content (AvgIpc) is 3.10. The molecule has 2 aliphatic rings. The fourth-order valence-electron chi connectivity index (χ4n) is 3.44. The number of morpholine rings is 1. The first-order valence-electron chi connectivity index (χ1n) is 8.49. The van der Waals surface area contributed by atoms with Gasteiger partial charge in [0.1, 0.15) is 0 Å². The van der Waals surface area contributed by atoms with Crippen molar-refractivity contribution in [2.45, 2.75) is 31.8 Å². The predicted octanol–water partition coefficient (Wildman–Crippen LogP) is 2.37. The summed E-state index contributed by atoms with van der Waals surface area (Å²) in [5, 5.41) is 3.11. The van der Waals surface area contributed by atoms with Crippen LogP contribution in [0.15, 0.2) is 30.3 Å². The summed E-state index contributed by atoms with van der Waals surface area (Å²) in [5.74, 6) is 0.520. The fraction of sp³-hybridized carbons (Fsp3) is 0.611. The van der Waals surface area contributed by atoms with E-state index in [1.54, 1.807) is 0 Å². The van der Waals surface area contributed by atoms with Crippen LogP contribution in [0.2, 0.25) is 0 Å². The van der Waals surface area contributed by atoms with Crippen LogP contribution in [0.4, 0.5) is 0 Å². The van der Waals surface area contributed by atoms with Gasteiger partial charge in [-0.1, -0.05) is 43.2 Å². The maximum atomic E-state index is 12.0. The zero-order valence-electron chi connectivity index (χ0n) is 13.2. The van der Waals surface area contributed by atoms with E-state index < -0.39 is 0 Å². The molecule has 120 valence electrons. The van der Waals surface area contributed by atoms with Crippen LogP contribution in [-0.4, -0.2) is 43.6 Å². The Kier molecular flexibility index (Phi) is 5.46. The number of hydrogen-bond donors (Lipinski definition) is 1. The molecule has 1 aliphatic carbocycles. The van der Waals surface area contributed by atoms with Crippen LogP contribution in [-0.2, 0) is 9.53 Å². The Morgan fingerprint density at radius 3 is 2.77 bits per heavy atom. The first kappa shape index (κ1) is 15.5. The number of amides is 1. The lowest BCUT2D eigenvalue weighted by Crippen LogP contribution is -2.43. The van der Waals surface area contributed by atoms with Gasteiger partial charge in [-0.15, -0.1) is 0 Å². The molecule has 22 heavy (non-hydrogen) atoms. The van der Waals surface area contributed by atoms with E-state index in [1.807, 2.05) is 6.07 Å². The molecule has 1 aliphatic heterocycles. The zero-order chi connectivity index (χ0) is 15.2. The second kappa shape index (κ2) is 7.75. The maximum absolute atomic E-state index is 12.0. The summed E-state index contributed by atoms with van der Waals surface area (Å²) < 4.78 is 5.87. The highest BCUT2D eigenvalue weighted by Crippen LogP contribution is 2.24. The lowest BCUT2D eigenvalue weighted by Gasteiger charge is -2.33. The Balaban J connectivity index is 1.42. The van der Waals surface area contributed by atoms with E-state index in [9.17, 15) is 4.79 Å². The van der Waals surface area contributed by atoms with Crippen molar-refractivity contribution in [3.63, 3.8) is 0 Å². The minimum atomic E-state index is 0.153. The molecule has 0 radical (unpaired) electrons. The molecule has 1 heterocycles. The summed E-state index contributed by atoms with van der Waals surface area (Å²) in [6, 6.07) is 10.4. The SMILES string of the molecule is O=C(NCCN1CCO[C@@H](c2ccccc2)C1)C1CCCC1. The third-order valence-electron chi connectivity index (χ3n) is 4.78. The van der Waals surface area contributed by atoms with Gasteiger partial charge in [0, 0.05) is 32.1 Å². The topological polar surface area (TPSA) is 41.6 Å². The van der Waals surface area contributed by atoms with Crippen molar-refractivity contribution < 1.29 is 9.53 Å². The monoisotopic (exact) mass is 302 g/mol. The molecule has 0 spiro atoms. The molecule has 0 aromatic heterocycles. The van der Waals surface area contributed by atoms with Crippen LogP contribution in [0.25, 0.3) is 0 Å². The van der Waals surface area contributed by atoms with Gasteiger partial charge in [-0.25, -0.2) is 0 Å². The van der Waals surface area contributed by atoms with Crippen molar-refractivity contribution in [3.05, 3.63) is 35.9 Å². The number of carbonyl (C=O) groups is 1. The summed E-state index contributed by atoms with van der Waals surface area (Å²) >= 11 is 0. The van der Waals surface area contributed by atoms with E-state index in [4.69, 9.17) is 4.74 Å². The van der Waals surface area contributed by atoms with Crippen molar-refractivity contribution in [2.24, 2.45) is 5.92 Å². The first-order chi connectivity index (χ1) is 10.8. The molecule has 2 fully saturated rings. The Bertz CT molecular complexity index is 471. The van der Waals surface area contributed by atoms with Gasteiger partial charge in [0.15, 0.2) is 0 Å². The van der Waals surface area contributed by atoms with E-state index in [-0.39, 0.29) is 17.9 Å². The number of nitrogens with zero attached hydrogens (tertiary/aromatic N) is 1. The van der Waals surface area contributed by atoms with Crippen molar-refractivity contribution >= 4 is 5.91 Å². The van der Waals surface area contributed by atoms with Gasteiger partial charge in [0.25, 0.3) is 0 Å². The summed E-state index contributed by atoms with van der Waals surface area (Å²) in [7, 11) is 0.